The molecule has 1 spiro atoms. The summed E-state index contributed by atoms with van der Waals surface area (Å²) >= 11 is 0. The molecule has 4 rings (SSSR count). The monoisotopic (exact) mass is 318 g/mol. The lowest BCUT2D eigenvalue weighted by Gasteiger charge is -2.32. The first-order valence-electron chi connectivity index (χ1n) is 8.46. The minimum absolute atomic E-state index is 0.0784. The van der Waals surface area contributed by atoms with Crippen molar-refractivity contribution in [3.8, 4) is 5.75 Å². The van der Waals surface area contributed by atoms with Gasteiger partial charge < -0.3 is 4.74 Å². The van der Waals surface area contributed by atoms with E-state index in [0.717, 1.165) is 28.0 Å². The number of benzene rings is 2. The zero-order chi connectivity index (χ0) is 17.1. The third-order valence-electron chi connectivity index (χ3n) is 5.14. The van der Waals surface area contributed by atoms with Crippen molar-refractivity contribution in [2.24, 2.45) is 0 Å². The average Bonchev–Trinajstić information content (AvgIpc) is 2.91. The van der Waals surface area contributed by atoms with E-state index >= 15 is 0 Å². The van der Waals surface area contributed by atoms with Crippen LogP contribution in [0.1, 0.15) is 49.9 Å². The molecule has 0 bridgehead atoms. The minimum atomic E-state index is -0.895. The number of ether oxygens (including phenoxy) is 1. The van der Waals surface area contributed by atoms with E-state index in [4.69, 9.17) is 4.74 Å². The molecule has 2 heteroatoms. The Labute approximate surface area is 143 Å². The van der Waals surface area contributed by atoms with Crippen LogP contribution < -0.4 is 4.74 Å². The quantitative estimate of drug-likeness (QED) is 0.697. The lowest BCUT2D eigenvalue weighted by Crippen LogP contribution is -2.43. The number of ketones is 1. The number of carbonyl (C=O) groups is 1. The fourth-order valence-corrected chi connectivity index (χ4v) is 3.78. The summed E-state index contributed by atoms with van der Waals surface area (Å²) in [5.74, 6) is 0.913. The van der Waals surface area contributed by atoms with Gasteiger partial charge in [-0.2, -0.15) is 0 Å². The Kier molecular flexibility index (Phi) is 3.05. The van der Waals surface area contributed by atoms with E-state index in [2.05, 4.69) is 39.0 Å². The molecule has 0 fully saturated rings. The molecular formula is C22H22O2. The molecule has 0 amide bonds. The van der Waals surface area contributed by atoms with Crippen LogP contribution in [0.5, 0.6) is 5.75 Å². The molecule has 1 heterocycles. The summed E-state index contributed by atoms with van der Waals surface area (Å²) in [5.41, 5.74) is 4.40. The van der Waals surface area contributed by atoms with Gasteiger partial charge in [-0.25, -0.2) is 0 Å². The fraction of sp³-hybridized carbons (Fsp3) is 0.318. The lowest BCUT2D eigenvalue weighted by molar-refractivity contribution is -0.130. The first kappa shape index (κ1) is 15.2. The Morgan fingerprint density at radius 1 is 1.08 bits per heavy atom. The van der Waals surface area contributed by atoms with E-state index < -0.39 is 5.60 Å². The zero-order valence-electron chi connectivity index (χ0n) is 14.6. The number of rotatable bonds is 0. The second kappa shape index (κ2) is 4.83. The van der Waals surface area contributed by atoms with Gasteiger partial charge in [-0.3, -0.25) is 4.79 Å². The van der Waals surface area contributed by atoms with E-state index in [0.29, 0.717) is 6.42 Å². The van der Waals surface area contributed by atoms with Crippen molar-refractivity contribution in [1.29, 1.82) is 0 Å². The van der Waals surface area contributed by atoms with E-state index in [9.17, 15) is 4.79 Å². The van der Waals surface area contributed by atoms with Crippen LogP contribution in [0.15, 0.2) is 48.0 Å². The summed E-state index contributed by atoms with van der Waals surface area (Å²) in [5, 5.41) is 0. The lowest BCUT2D eigenvalue weighted by atomic mass is 9.76. The largest absolute Gasteiger partial charge is 0.474 e. The van der Waals surface area contributed by atoms with Gasteiger partial charge in [0, 0.05) is 12.0 Å². The highest BCUT2D eigenvalue weighted by Crippen LogP contribution is 2.47. The van der Waals surface area contributed by atoms with Crippen molar-refractivity contribution in [3.63, 3.8) is 0 Å². The molecule has 24 heavy (non-hydrogen) atoms. The normalized spacial score (nSPS) is 22.0. The van der Waals surface area contributed by atoms with Gasteiger partial charge >= 0.3 is 0 Å². The van der Waals surface area contributed by atoms with E-state index in [1.165, 1.54) is 5.56 Å². The van der Waals surface area contributed by atoms with Crippen molar-refractivity contribution in [1.82, 2.24) is 0 Å². The summed E-state index contributed by atoms with van der Waals surface area (Å²) in [4.78, 5) is 13.1. The zero-order valence-corrected chi connectivity index (χ0v) is 14.6. The standard InChI is InChI=1S/C22H22O2/c1-14-11-15-7-5-6-8-18(15)22(20(14)23)13-16-12-17(21(2,3)4)9-10-19(16)24-22/h5-12H,13H2,1-4H3. The number of fused-ring (bicyclic) bond motifs is 3. The van der Waals surface area contributed by atoms with Crippen LogP contribution in [0.3, 0.4) is 0 Å². The first-order chi connectivity index (χ1) is 11.3. The van der Waals surface area contributed by atoms with Crippen molar-refractivity contribution < 1.29 is 9.53 Å². The fourth-order valence-electron chi connectivity index (χ4n) is 3.78. The van der Waals surface area contributed by atoms with Crippen molar-refractivity contribution >= 4 is 11.9 Å². The van der Waals surface area contributed by atoms with Gasteiger partial charge in [-0.1, -0.05) is 57.2 Å². The van der Waals surface area contributed by atoms with Gasteiger partial charge in [0.2, 0.25) is 11.4 Å². The van der Waals surface area contributed by atoms with Crippen LogP contribution in [0.4, 0.5) is 0 Å². The molecule has 1 aliphatic heterocycles. The van der Waals surface area contributed by atoms with E-state index in [1.807, 2.05) is 37.3 Å². The van der Waals surface area contributed by atoms with Gasteiger partial charge in [0.1, 0.15) is 5.75 Å². The minimum Gasteiger partial charge on any atom is -0.474 e. The Hall–Kier alpha value is -2.35. The van der Waals surface area contributed by atoms with Crippen LogP contribution >= 0.6 is 0 Å². The SMILES string of the molecule is CC1=Cc2ccccc2C2(Cc3cc(C(C)(C)C)ccc3O2)C1=O. The van der Waals surface area contributed by atoms with Gasteiger partial charge in [-0.05, 0) is 46.7 Å². The van der Waals surface area contributed by atoms with Crippen molar-refractivity contribution in [2.45, 2.75) is 45.1 Å². The summed E-state index contributed by atoms with van der Waals surface area (Å²) in [6, 6.07) is 14.4. The van der Waals surface area contributed by atoms with Gasteiger partial charge in [0.05, 0.1) is 0 Å². The average molecular weight is 318 g/mol. The van der Waals surface area contributed by atoms with Gasteiger partial charge in [-0.15, -0.1) is 0 Å². The van der Waals surface area contributed by atoms with E-state index in [1.54, 1.807) is 0 Å². The summed E-state index contributed by atoms with van der Waals surface area (Å²) in [6.07, 6.45) is 2.57. The Morgan fingerprint density at radius 2 is 1.83 bits per heavy atom. The molecule has 1 atom stereocenters. The molecule has 122 valence electrons. The summed E-state index contributed by atoms with van der Waals surface area (Å²) < 4.78 is 6.32. The molecule has 2 nitrogen and oxygen atoms in total. The Balaban J connectivity index is 1.86. The predicted molar refractivity (Wildman–Crippen MR) is 96.3 cm³/mol. The van der Waals surface area contributed by atoms with Crippen LogP contribution in [-0.4, -0.2) is 5.78 Å². The summed E-state index contributed by atoms with van der Waals surface area (Å²) in [7, 11) is 0. The van der Waals surface area contributed by atoms with Crippen LogP contribution in [0.2, 0.25) is 0 Å². The van der Waals surface area contributed by atoms with Crippen molar-refractivity contribution in [2.75, 3.05) is 0 Å². The molecule has 2 aromatic rings. The molecule has 0 radical (unpaired) electrons. The Bertz CT molecular complexity index is 883. The maximum atomic E-state index is 13.1. The van der Waals surface area contributed by atoms with Gasteiger partial charge in [0.15, 0.2) is 0 Å². The maximum absolute atomic E-state index is 13.1. The number of hydrogen-bond donors (Lipinski definition) is 0. The van der Waals surface area contributed by atoms with Crippen LogP contribution in [-0.2, 0) is 22.2 Å². The maximum Gasteiger partial charge on any atom is 0.207 e. The third-order valence-corrected chi connectivity index (χ3v) is 5.14. The van der Waals surface area contributed by atoms with Crippen molar-refractivity contribution in [3.05, 3.63) is 70.3 Å². The van der Waals surface area contributed by atoms with E-state index in [-0.39, 0.29) is 11.2 Å². The van der Waals surface area contributed by atoms with Gasteiger partial charge in [0.25, 0.3) is 0 Å². The molecule has 0 saturated heterocycles. The highest BCUT2D eigenvalue weighted by molar-refractivity contribution is 6.09. The van der Waals surface area contributed by atoms with Crippen LogP contribution in [0, 0.1) is 0 Å². The molecule has 1 aliphatic carbocycles. The molecule has 1 unspecified atom stereocenters. The second-order valence-electron chi connectivity index (χ2n) is 7.92. The number of hydrogen-bond acceptors (Lipinski definition) is 2. The molecule has 0 N–H and O–H groups in total. The highest BCUT2D eigenvalue weighted by atomic mass is 16.5. The predicted octanol–water partition coefficient (Wildman–Crippen LogP) is 4.80. The number of Topliss-reactive ketones (excluding diaryl/α,β-unsaturated/α-hetero) is 1. The smallest absolute Gasteiger partial charge is 0.207 e. The molecule has 0 saturated carbocycles. The molecule has 2 aromatic carbocycles. The first-order valence-corrected chi connectivity index (χ1v) is 8.46. The third kappa shape index (κ3) is 2.06. The molecular weight excluding hydrogens is 296 g/mol. The number of carbonyl (C=O) groups excluding carboxylic acids is 1. The topological polar surface area (TPSA) is 26.3 Å². The molecule has 0 aromatic heterocycles. The second-order valence-corrected chi connectivity index (χ2v) is 7.92. The van der Waals surface area contributed by atoms with Crippen LogP contribution in [0.25, 0.3) is 6.08 Å². The Morgan fingerprint density at radius 3 is 2.58 bits per heavy atom. The molecule has 2 aliphatic rings. The summed E-state index contributed by atoms with van der Waals surface area (Å²) in [6.45, 7) is 8.49. The highest BCUT2D eigenvalue weighted by Gasteiger charge is 2.50.